The van der Waals surface area contributed by atoms with Crippen molar-refractivity contribution < 1.29 is 9.59 Å². The number of piperazine rings is 1. The third kappa shape index (κ3) is 4.44. The molecule has 8 heteroatoms. The Labute approximate surface area is 157 Å². The van der Waals surface area contributed by atoms with Crippen molar-refractivity contribution in [3.8, 4) is 0 Å². The number of carbonyl (C=O) groups is 2. The van der Waals surface area contributed by atoms with Gasteiger partial charge in [0.25, 0.3) is 0 Å². The van der Waals surface area contributed by atoms with Crippen LogP contribution in [0.4, 0.5) is 5.69 Å². The van der Waals surface area contributed by atoms with Crippen molar-refractivity contribution >= 4 is 40.7 Å². The van der Waals surface area contributed by atoms with Gasteiger partial charge in [-0.1, -0.05) is 23.2 Å². The van der Waals surface area contributed by atoms with Gasteiger partial charge in [-0.15, -0.1) is 0 Å². The van der Waals surface area contributed by atoms with Crippen LogP contribution >= 0.6 is 23.2 Å². The van der Waals surface area contributed by atoms with Gasteiger partial charge in [-0.3, -0.25) is 14.5 Å². The lowest BCUT2D eigenvalue weighted by molar-refractivity contribution is -0.132. The third-order valence-corrected chi connectivity index (χ3v) is 5.41. The van der Waals surface area contributed by atoms with Gasteiger partial charge in [-0.2, -0.15) is 0 Å². The molecular formula is C17H22Cl2N4O2. The Hall–Kier alpha value is -1.34. The van der Waals surface area contributed by atoms with E-state index in [0.29, 0.717) is 35.2 Å². The van der Waals surface area contributed by atoms with Crippen molar-refractivity contribution in [2.75, 3.05) is 50.7 Å². The topological polar surface area (TPSA) is 64.7 Å². The summed E-state index contributed by atoms with van der Waals surface area (Å²) < 4.78 is 0. The molecule has 2 heterocycles. The van der Waals surface area contributed by atoms with Crippen LogP contribution in [0.2, 0.25) is 10.0 Å². The largest absolute Gasteiger partial charge is 0.354 e. The molecule has 0 spiro atoms. The number of hydrogen-bond acceptors (Lipinski definition) is 4. The molecule has 0 radical (unpaired) electrons. The first kappa shape index (κ1) is 18.5. The maximum absolute atomic E-state index is 12.6. The summed E-state index contributed by atoms with van der Waals surface area (Å²) in [5.74, 6) is -1.00. The van der Waals surface area contributed by atoms with Crippen molar-refractivity contribution in [1.29, 1.82) is 0 Å². The molecule has 2 aliphatic heterocycles. The number of hydrogen-bond donors (Lipinski definition) is 2. The molecule has 0 aromatic heterocycles. The second kappa shape index (κ2) is 8.36. The fourth-order valence-electron chi connectivity index (χ4n) is 3.23. The van der Waals surface area contributed by atoms with E-state index in [2.05, 4.69) is 15.5 Å². The van der Waals surface area contributed by atoms with Gasteiger partial charge < -0.3 is 15.5 Å². The zero-order valence-electron chi connectivity index (χ0n) is 13.9. The minimum absolute atomic E-state index is 0.182. The van der Waals surface area contributed by atoms with E-state index in [1.807, 2.05) is 0 Å². The lowest BCUT2D eigenvalue weighted by Gasteiger charge is -2.27. The Bertz CT molecular complexity index is 650. The highest BCUT2D eigenvalue weighted by molar-refractivity contribution is 6.42. The Balaban J connectivity index is 1.52. The lowest BCUT2D eigenvalue weighted by Crippen LogP contribution is -2.47. The molecule has 3 rings (SSSR count). The highest BCUT2D eigenvalue weighted by atomic mass is 35.5. The highest BCUT2D eigenvalue weighted by Crippen LogP contribution is 2.31. The van der Waals surface area contributed by atoms with Crippen LogP contribution in [0.5, 0.6) is 0 Å². The maximum Gasteiger partial charge on any atom is 0.239 e. The Kier molecular flexibility index (Phi) is 6.17. The minimum Gasteiger partial charge on any atom is -0.354 e. The van der Waals surface area contributed by atoms with Gasteiger partial charge in [0, 0.05) is 51.5 Å². The van der Waals surface area contributed by atoms with Crippen molar-refractivity contribution in [3.63, 3.8) is 0 Å². The van der Waals surface area contributed by atoms with Crippen LogP contribution < -0.4 is 15.5 Å². The summed E-state index contributed by atoms with van der Waals surface area (Å²) in [6, 6.07) is 5.07. The number of nitrogens with one attached hydrogen (secondary N) is 2. The number of benzene rings is 1. The van der Waals surface area contributed by atoms with Gasteiger partial charge in [0.2, 0.25) is 11.8 Å². The van der Waals surface area contributed by atoms with Gasteiger partial charge in [-0.25, -0.2) is 0 Å². The molecule has 2 saturated heterocycles. The molecule has 1 aromatic carbocycles. The molecule has 1 atom stereocenters. The summed E-state index contributed by atoms with van der Waals surface area (Å²) in [7, 11) is 0. The molecule has 1 unspecified atom stereocenters. The van der Waals surface area contributed by atoms with Crippen LogP contribution in [0, 0.1) is 5.92 Å². The number of nitrogens with zero attached hydrogens (tertiary/aromatic N) is 2. The van der Waals surface area contributed by atoms with E-state index in [1.54, 1.807) is 23.1 Å². The fraction of sp³-hybridized carbons (Fsp3) is 0.529. The van der Waals surface area contributed by atoms with Gasteiger partial charge in [0.1, 0.15) is 5.92 Å². The van der Waals surface area contributed by atoms with E-state index in [4.69, 9.17) is 23.2 Å². The van der Waals surface area contributed by atoms with Crippen molar-refractivity contribution in [2.24, 2.45) is 5.92 Å². The Morgan fingerprint density at radius 3 is 2.68 bits per heavy atom. The van der Waals surface area contributed by atoms with Crippen molar-refractivity contribution in [2.45, 2.75) is 6.42 Å². The van der Waals surface area contributed by atoms with E-state index >= 15 is 0 Å². The quantitative estimate of drug-likeness (QED) is 0.752. The van der Waals surface area contributed by atoms with E-state index < -0.39 is 5.92 Å². The molecule has 2 aliphatic rings. The molecule has 0 saturated carbocycles. The molecule has 6 nitrogen and oxygen atoms in total. The third-order valence-electron chi connectivity index (χ3n) is 4.67. The predicted octanol–water partition coefficient (Wildman–Crippen LogP) is 1.37. The first-order valence-corrected chi connectivity index (χ1v) is 9.29. The van der Waals surface area contributed by atoms with Gasteiger partial charge >= 0.3 is 0 Å². The standard InChI is InChI=1S/C17H22Cl2N4O2/c18-14-2-1-12(11-15(14)19)23-7-3-13(17(23)25)16(24)21-6-10-22-8-4-20-5-9-22/h1-2,11,13,20H,3-10H2,(H,21,24). The summed E-state index contributed by atoms with van der Waals surface area (Å²) >= 11 is 11.9. The molecule has 0 aliphatic carbocycles. The minimum atomic E-state index is -0.627. The van der Waals surface area contributed by atoms with Crippen LogP contribution in [-0.2, 0) is 9.59 Å². The Morgan fingerprint density at radius 2 is 1.96 bits per heavy atom. The molecule has 1 aromatic rings. The lowest BCUT2D eigenvalue weighted by atomic mass is 10.1. The first-order chi connectivity index (χ1) is 12.1. The van der Waals surface area contributed by atoms with Crippen LogP contribution in [0.25, 0.3) is 0 Å². The van der Waals surface area contributed by atoms with E-state index in [-0.39, 0.29) is 11.8 Å². The summed E-state index contributed by atoms with van der Waals surface area (Å²) in [5.41, 5.74) is 0.676. The molecule has 25 heavy (non-hydrogen) atoms. The highest BCUT2D eigenvalue weighted by Gasteiger charge is 2.37. The maximum atomic E-state index is 12.6. The molecule has 0 bridgehead atoms. The number of amides is 2. The van der Waals surface area contributed by atoms with Crippen LogP contribution in [-0.4, -0.2) is 62.5 Å². The van der Waals surface area contributed by atoms with Gasteiger partial charge in [0.15, 0.2) is 0 Å². The summed E-state index contributed by atoms with van der Waals surface area (Å²) in [6.07, 6.45) is 0.512. The van der Waals surface area contributed by atoms with Crippen molar-refractivity contribution in [1.82, 2.24) is 15.5 Å². The zero-order valence-corrected chi connectivity index (χ0v) is 15.4. The van der Waals surface area contributed by atoms with E-state index in [0.717, 1.165) is 32.7 Å². The van der Waals surface area contributed by atoms with Gasteiger partial charge in [-0.05, 0) is 24.6 Å². The number of halogens is 2. The average Bonchev–Trinajstić information content (AvgIpc) is 3.00. The monoisotopic (exact) mass is 384 g/mol. The van der Waals surface area contributed by atoms with Crippen LogP contribution in [0.15, 0.2) is 18.2 Å². The predicted molar refractivity (Wildman–Crippen MR) is 99.2 cm³/mol. The smallest absolute Gasteiger partial charge is 0.239 e. The molecule has 2 fully saturated rings. The molecule has 2 amide bonds. The summed E-state index contributed by atoms with van der Waals surface area (Å²) in [5, 5.41) is 7.04. The zero-order chi connectivity index (χ0) is 17.8. The number of carbonyl (C=O) groups excluding carboxylic acids is 2. The Morgan fingerprint density at radius 1 is 1.20 bits per heavy atom. The molecule has 136 valence electrons. The second-order valence-electron chi connectivity index (χ2n) is 6.31. The fourth-order valence-corrected chi connectivity index (χ4v) is 3.52. The van der Waals surface area contributed by atoms with Crippen molar-refractivity contribution in [3.05, 3.63) is 28.2 Å². The van der Waals surface area contributed by atoms with E-state index in [9.17, 15) is 9.59 Å². The normalized spacial score (nSPS) is 21.6. The van der Waals surface area contributed by atoms with Crippen LogP contribution in [0.1, 0.15) is 6.42 Å². The number of rotatable bonds is 5. The summed E-state index contributed by atoms with van der Waals surface area (Å²) in [4.78, 5) is 28.8. The first-order valence-electron chi connectivity index (χ1n) is 8.53. The van der Waals surface area contributed by atoms with Crippen LogP contribution in [0.3, 0.4) is 0 Å². The van der Waals surface area contributed by atoms with Gasteiger partial charge in [0.05, 0.1) is 10.0 Å². The average molecular weight is 385 g/mol. The summed E-state index contributed by atoms with van der Waals surface area (Å²) in [6.45, 7) is 5.82. The number of anilines is 1. The molecule has 2 N–H and O–H groups in total. The SMILES string of the molecule is O=C(NCCN1CCNCC1)C1CCN(c2ccc(Cl)c(Cl)c2)C1=O. The molecular weight excluding hydrogens is 363 g/mol. The van der Waals surface area contributed by atoms with E-state index in [1.165, 1.54) is 0 Å². The second-order valence-corrected chi connectivity index (χ2v) is 7.13.